The largest absolute Gasteiger partial charge is 0.351 e. The summed E-state index contributed by atoms with van der Waals surface area (Å²) in [6.45, 7) is 2.88. The first kappa shape index (κ1) is 15.3. The Morgan fingerprint density at radius 3 is 2.85 bits per heavy atom. The molecule has 0 spiro atoms. The molecule has 0 fully saturated rings. The molecule has 1 atom stereocenters. The number of fused-ring (bicyclic) bond motifs is 1. The summed E-state index contributed by atoms with van der Waals surface area (Å²) in [6, 6.07) is 10.0. The van der Waals surface area contributed by atoms with Crippen LogP contribution in [0.5, 0.6) is 0 Å². The topological polar surface area (TPSA) is 29.1 Å². The van der Waals surface area contributed by atoms with Crippen molar-refractivity contribution in [3.63, 3.8) is 0 Å². The second-order valence-corrected chi connectivity index (χ2v) is 6.45. The Labute approximate surface area is 129 Å². The van der Waals surface area contributed by atoms with Gasteiger partial charge in [-0.3, -0.25) is 4.79 Å². The molecular weight excluding hydrogens is 290 g/mol. The Morgan fingerprint density at radius 2 is 2.15 bits per heavy atom. The number of hydrogen-bond donors (Lipinski definition) is 1. The minimum absolute atomic E-state index is 0.0295. The van der Waals surface area contributed by atoms with E-state index < -0.39 is 0 Å². The summed E-state index contributed by atoms with van der Waals surface area (Å²) in [5.41, 5.74) is 0. The van der Waals surface area contributed by atoms with Crippen molar-refractivity contribution in [3.8, 4) is 0 Å². The molecule has 2 rings (SSSR count). The number of carbonyl (C=O) groups excluding carboxylic acids is 1. The van der Waals surface area contributed by atoms with Crippen LogP contribution in [-0.2, 0) is 0 Å². The van der Waals surface area contributed by atoms with Gasteiger partial charge in [0.2, 0.25) is 0 Å². The van der Waals surface area contributed by atoms with E-state index in [9.17, 15) is 4.79 Å². The molecule has 0 bridgehead atoms. The van der Waals surface area contributed by atoms with Crippen LogP contribution in [-0.4, -0.2) is 18.3 Å². The van der Waals surface area contributed by atoms with E-state index in [1.54, 1.807) is 11.3 Å². The van der Waals surface area contributed by atoms with Gasteiger partial charge in [0.25, 0.3) is 5.91 Å². The molecule has 4 heteroatoms. The molecule has 0 aliphatic carbocycles. The predicted molar refractivity (Wildman–Crippen MR) is 87.9 cm³/mol. The first-order chi connectivity index (χ1) is 9.74. The maximum atomic E-state index is 12.2. The third kappa shape index (κ3) is 3.97. The van der Waals surface area contributed by atoms with Gasteiger partial charge >= 0.3 is 0 Å². The van der Waals surface area contributed by atoms with Gasteiger partial charge in [0.15, 0.2) is 0 Å². The zero-order chi connectivity index (χ0) is 14.4. The van der Waals surface area contributed by atoms with Crippen LogP contribution in [0.3, 0.4) is 0 Å². The quantitative estimate of drug-likeness (QED) is 0.739. The second-order valence-electron chi connectivity index (χ2n) is 4.99. The molecular formula is C16H20ClNOS. The Bertz CT molecular complexity index is 527. The number of halogens is 1. The number of hydrogen-bond acceptors (Lipinski definition) is 2. The van der Waals surface area contributed by atoms with Crippen LogP contribution in [0.2, 0.25) is 0 Å². The minimum atomic E-state index is 0.0295. The van der Waals surface area contributed by atoms with Crippen molar-refractivity contribution >= 4 is 38.9 Å². The molecule has 1 amide bonds. The highest BCUT2D eigenvalue weighted by atomic mass is 35.5. The lowest BCUT2D eigenvalue weighted by atomic mass is 10.0. The summed E-state index contributed by atoms with van der Waals surface area (Å²) in [5, 5.41) is 4.18. The molecule has 1 heterocycles. The highest BCUT2D eigenvalue weighted by Crippen LogP contribution is 2.25. The third-order valence-corrected chi connectivity index (χ3v) is 4.75. The number of thiophene rings is 1. The van der Waals surface area contributed by atoms with Gasteiger partial charge in [-0.15, -0.1) is 22.9 Å². The monoisotopic (exact) mass is 309 g/mol. The highest BCUT2D eigenvalue weighted by molar-refractivity contribution is 7.20. The number of amides is 1. The molecule has 1 N–H and O–H groups in total. The maximum Gasteiger partial charge on any atom is 0.261 e. The molecule has 1 aromatic carbocycles. The molecule has 0 saturated heterocycles. The van der Waals surface area contributed by atoms with Crippen LogP contribution in [0.4, 0.5) is 0 Å². The summed E-state index contributed by atoms with van der Waals surface area (Å²) in [5.74, 6) is 1.17. The molecule has 2 nitrogen and oxygen atoms in total. The summed E-state index contributed by atoms with van der Waals surface area (Å²) >= 11 is 7.35. The van der Waals surface area contributed by atoms with E-state index in [0.29, 0.717) is 18.3 Å². The summed E-state index contributed by atoms with van der Waals surface area (Å²) in [7, 11) is 0. The molecule has 20 heavy (non-hydrogen) atoms. The lowest BCUT2D eigenvalue weighted by Gasteiger charge is -2.15. The third-order valence-electron chi connectivity index (χ3n) is 3.41. The van der Waals surface area contributed by atoms with Gasteiger partial charge in [0.1, 0.15) is 0 Å². The summed E-state index contributed by atoms with van der Waals surface area (Å²) in [6.07, 6.45) is 3.20. The maximum absolute atomic E-state index is 12.2. The number of rotatable bonds is 7. The molecule has 0 saturated carbocycles. The molecule has 0 radical (unpaired) electrons. The zero-order valence-corrected chi connectivity index (χ0v) is 13.3. The molecule has 0 aliphatic rings. The van der Waals surface area contributed by atoms with Gasteiger partial charge in [-0.1, -0.05) is 31.5 Å². The fourth-order valence-electron chi connectivity index (χ4n) is 2.33. The molecule has 1 aromatic heterocycles. The Balaban J connectivity index is 1.97. The number of benzene rings is 1. The first-order valence-corrected chi connectivity index (χ1v) is 8.42. The van der Waals surface area contributed by atoms with Crippen molar-refractivity contribution in [1.29, 1.82) is 0 Å². The lowest BCUT2D eigenvalue weighted by Crippen LogP contribution is -2.29. The van der Waals surface area contributed by atoms with E-state index in [2.05, 4.69) is 12.2 Å². The van der Waals surface area contributed by atoms with Gasteiger partial charge in [0.05, 0.1) is 4.88 Å². The lowest BCUT2D eigenvalue weighted by molar-refractivity contribution is 0.0950. The van der Waals surface area contributed by atoms with Crippen molar-refractivity contribution in [1.82, 2.24) is 5.32 Å². The van der Waals surface area contributed by atoms with E-state index in [-0.39, 0.29) is 5.91 Å². The molecule has 0 aliphatic heterocycles. The van der Waals surface area contributed by atoms with Gasteiger partial charge in [-0.05, 0) is 36.3 Å². The summed E-state index contributed by atoms with van der Waals surface area (Å²) < 4.78 is 1.16. The fraction of sp³-hybridized carbons (Fsp3) is 0.438. The molecule has 108 valence electrons. The molecule has 2 aromatic rings. The van der Waals surface area contributed by atoms with Crippen molar-refractivity contribution in [2.75, 3.05) is 12.4 Å². The average Bonchev–Trinajstić information content (AvgIpc) is 2.89. The number of carbonyl (C=O) groups is 1. The van der Waals surface area contributed by atoms with Crippen molar-refractivity contribution in [3.05, 3.63) is 35.2 Å². The number of alkyl halides is 1. The Kier molecular flexibility index (Phi) is 5.86. The van der Waals surface area contributed by atoms with E-state index >= 15 is 0 Å². The van der Waals surface area contributed by atoms with E-state index in [4.69, 9.17) is 11.6 Å². The van der Waals surface area contributed by atoms with Crippen LogP contribution in [0.25, 0.3) is 10.1 Å². The standard InChI is InChI=1S/C16H20ClNOS/c1-2-5-12(8-9-17)11-18-16(19)15-10-13-6-3-4-7-14(13)20-15/h3-4,6-7,10,12H,2,5,8-9,11H2,1H3,(H,18,19). The van der Waals surface area contributed by atoms with Crippen LogP contribution >= 0.6 is 22.9 Å². The smallest absolute Gasteiger partial charge is 0.261 e. The SMILES string of the molecule is CCCC(CCCl)CNC(=O)c1cc2ccccc2s1. The van der Waals surface area contributed by atoms with Gasteiger partial charge in [-0.2, -0.15) is 0 Å². The normalized spacial score (nSPS) is 12.5. The van der Waals surface area contributed by atoms with Crippen LogP contribution < -0.4 is 5.32 Å². The van der Waals surface area contributed by atoms with Crippen molar-refractivity contribution in [2.24, 2.45) is 5.92 Å². The fourth-order valence-corrected chi connectivity index (χ4v) is 3.62. The average molecular weight is 310 g/mol. The minimum Gasteiger partial charge on any atom is -0.351 e. The predicted octanol–water partition coefficient (Wildman–Crippen LogP) is 4.68. The second kappa shape index (κ2) is 7.65. The highest BCUT2D eigenvalue weighted by Gasteiger charge is 2.13. The van der Waals surface area contributed by atoms with Crippen LogP contribution in [0.1, 0.15) is 35.9 Å². The van der Waals surface area contributed by atoms with E-state index in [1.165, 1.54) is 0 Å². The Morgan fingerprint density at radius 1 is 1.35 bits per heavy atom. The molecule has 1 unspecified atom stereocenters. The van der Waals surface area contributed by atoms with Gasteiger partial charge in [-0.25, -0.2) is 0 Å². The Hall–Kier alpha value is -1.06. The van der Waals surface area contributed by atoms with E-state index in [1.807, 2.05) is 30.3 Å². The number of nitrogens with one attached hydrogen (secondary N) is 1. The van der Waals surface area contributed by atoms with Gasteiger partial charge < -0.3 is 5.32 Å². The van der Waals surface area contributed by atoms with Crippen LogP contribution in [0.15, 0.2) is 30.3 Å². The van der Waals surface area contributed by atoms with Crippen LogP contribution in [0, 0.1) is 5.92 Å². The first-order valence-electron chi connectivity index (χ1n) is 7.07. The zero-order valence-electron chi connectivity index (χ0n) is 11.7. The van der Waals surface area contributed by atoms with Gasteiger partial charge in [0, 0.05) is 17.1 Å². The van der Waals surface area contributed by atoms with Crippen molar-refractivity contribution < 1.29 is 4.79 Å². The van der Waals surface area contributed by atoms with Crippen molar-refractivity contribution in [2.45, 2.75) is 26.2 Å². The van der Waals surface area contributed by atoms with E-state index in [0.717, 1.165) is 34.2 Å². The summed E-state index contributed by atoms with van der Waals surface area (Å²) in [4.78, 5) is 13.0.